The average molecular weight is 227 g/mol. The van der Waals surface area contributed by atoms with Crippen molar-refractivity contribution >= 4 is 11.8 Å². The smallest absolute Gasteiger partial charge is 0.323 e. The summed E-state index contributed by atoms with van der Waals surface area (Å²) in [6.45, 7) is 4.59. The second kappa shape index (κ2) is 6.12. The van der Waals surface area contributed by atoms with E-state index in [1.54, 1.807) is 13.0 Å². The van der Waals surface area contributed by atoms with Crippen LogP contribution in [0, 0.1) is 6.92 Å². The molecule has 1 aromatic heterocycles. The van der Waals surface area contributed by atoms with Crippen LogP contribution in [-0.4, -0.2) is 40.9 Å². The predicted molar refractivity (Wildman–Crippen MR) is 59.2 cm³/mol. The Morgan fingerprint density at radius 3 is 2.88 bits per heavy atom. The average Bonchev–Trinajstić information content (AvgIpc) is 2.63. The van der Waals surface area contributed by atoms with Crippen LogP contribution < -0.4 is 5.32 Å². The van der Waals surface area contributed by atoms with E-state index < -0.39 is 0 Å². The number of amides is 2. The molecular formula is C10H17N3O3. The zero-order valence-electron chi connectivity index (χ0n) is 9.56. The molecule has 0 saturated heterocycles. The summed E-state index contributed by atoms with van der Waals surface area (Å²) in [6.07, 6.45) is 0.839. The third-order valence-corrected chi connectivity index (χ3v) is 2.01. The van der Waals surface area contributed by atoms with Gasteiger partial charge in [-0.3, -0.25) is 5.32 Å². The molecule has 0 atom stereocenters. The Labute approximate surface area is 94.2 Å². The van der Waals surface area contributed by atoms with Gasteiger partial charge in [0.1, 0.15) is 5.76 Å². The highest BCUT2D eigenvalue weighted by molar-refractivity contribution is 5.88. The Bertz CT molecular complexity index is 332. The van der Waals surface area contributed by atoms with Gasteiger partial charge in [0, 0.05) is 19.2 Å². The monoisotopic (exact) mass is 227 g/mol. The maximum atomic E-state index is 11.7. The van der Waals surface area contributed by atoms with Crippen LogP contribution in [0.2, 0.25) is 0 Å². The van der Waals surface area contributed by atoms with Crippen LogP contribution in [0.15, 0.2) is 10.6 Å². The van der Waals surface area contributed by atoms with Crippen molar-refractivity contribution in [1.82, 2.24) is 10.1 Å². The fourth-order valence-electron chi connectivity index (χ4n) is 1.32. The van der Waals surface area contributed by atoms with Crippen LogP contribution in [-0.2, 0) is 0 Å². The van der Waals surface area contributed by atoms with E-state index in [1.807, 2.05) is 6.92 Å². The fourth-order valence-corrected chi connectivity index (χ4v) is 1.32. The van der Waals surface area contributed by atoms with Gasteiger partial charge < -0.3 is 14.5 Å². The molecule has 1 aromatic rings. The summed E-state index contributed by atoms with van der Waals surface area (Å²) in [5.74, 6) is 1.03. The highest BCUT2D eigenvalue weighted by atomic mass is 16.5. The maximum Gasteiger partial charge on any atom is 0.323 e. The number of aryl methyl sites for hydroxylation is 1. The van der Waals surface area contributed by atoms with Crippen LogP contribution in [0.4, 0.5) is 10.6 Å². The predicted octanol–water partition coefficient (Wildman–Crippen LogP) is 1.22. The first-order valence-electron chi connectivity index (χ1n) is 5.27. The van der Waals surface area contributed by atoms with E-state index in [1.165, 1.54) is 4.90 Å². The lowest BCUT2D eigenvalue weighted by molar-refractivity contribution is 0.188. The zero-order valence-corrected chi connectivity index (χ0v) is 9.56. The molecular weight excluding hydrogens is 210 g/mol. The Hall–Kier alpha value is -1.56. The molecule has 16 heavy (non-hydrogen) atoms. The van der Waals surface area contributed by atoms with Crippen molar-refractivity contribution in [1.29, 1.82) is 0 Å². The SMILES string of the molecule is CCCN(CCO)C(=O)Nc1cc(C)on1. The molecule has 1 rings (SSSR count). The summed E-state index contributed by atoms with van der Waals surface area (Å²) >= 11 is 0. The van der Waals surface area contributed by atoms with Gasteiger partial charge in [-0.05, 0) is 13.3 Å². The molecule has 0 spiro atoms. The molecule has 6 heteroatoms. The third kappa shape index (κ3) is 3.54. The molecule has 0 aliphatic carbocycles. The molecule has 1 heterocycles. The second-order valence-electron chi connectivity index (χ2n) is 3.46. The first kappa shape index (κ1) is 12.5. The highest BCUT2D eigenvalue weighted by Gasteiger charge is 2.13. The molecule has 6 nitrogen and oxygen atoms in total. The number of nitrogens with one attached hydrogen (secondary N) is 1. The van der Waals surface area contributed by atoms with Gasteiger partial charge in [-0.2, -0.15) is 0 Å². The lowest BCUT2D eigenvalue weighted by atomic mass is 10.4. The standard InChI is InChI=1S/C10H17N3O3/c1-3-4-13(5-6-14)10(15)11-9-7-8(2)16-12-9/h7,14H,3-6H2,1-2H3,(H,11,12,15). The minimum absolute atomic E-state index is 0.0503. The molecule has 0 saturated carbocycles. The van der Waals surface area contributed by atoms with E-state index in [9.17, 15) is 4.79 Å². The molecule has 0 bridgehead atoms. The number of carbonyl (C=O) groups excluding carboxylic acids is 1. The summed E-state index contributed by atoms with van der Waals surface area (Å²) in [5, 5.41) is 15.1. The van der Waals surface area contributed by atoms with Crippen LogP contribution >= 0.6 is 0 Å². The van der Waals surface area contributed by atoms with Crippen molar-refractivity contribution in [3.63, 3.8) is 0 Å². The van der Waals surface area contributed by atoms with Crippen LogP contribution in [0.25, 0.3) is 0 Å². The van der Waals surface area contributed by atoms with Gasteiger partial charge >= 0.3 is 6.03 Å². The summed E-state index contributed by atoms with van der Waals surface area (Å²) in [4.78, 5) is 13.3. The number of aromatic nitrogens is 1. The Morgan fingerprint density at radius 2 is 2.38 bits per heavy atom. The topological polar surface area (TPSA) is 78.6 Å². The highest BCUT2D eigenvalue weighted by Crippen LogP contribution is 2.08. The molecule has 0 aliphatic heterocycles. The molecule has 2 N–H and O–H groups in total. The normalized spacial score (nSPS) is 10.2. The number of urea groups is 1. The van der Waals surface area contributed by atoms with Gasteiger partial charge in [-0.15, -0.1) is 0 Å². The number of hydrogen-bond donors (Lipinski definition) is 2. The van der Waals surface area contributed by atoms with E-state index in [0.29, 0.717) is 24.7 Å². The van der Waals surface area contributed by atoms with Crippen molar-refractivity contribution in [3.8, 4) is 0 Å². The summed E-state index contributed by atoms with van der Waals surface area (Å²) in [5.41, 5.74) is 0. The van der Waals surface area contributed by atoms with Crippen molar-refractivity contribution in [3.05, 3.63) is 11.8 Å². The van der Waals surface area contributed by atoms with Crippen molar-refractivity contribution < 1.29 is 14.4 Å². The molecule has 0 aromatic carbocycles. The van der Waals surface area contributed by atoms with Gasteiger partial charge in [0.05, 0.1) is 6.61 Å². The first-order chi connectivity index (χ1) is 7.67. The summed E-state index contributed by atoms with van der Waals surface area (Å²) in [6, 6.07) is 1.37. The number of aliphatic hydroxyl groups is 1. The van der Waals surface area contributed by atoms with E-state index in [4.69, 9.17) is 9.63 Å². The molecule has 2 amide bonds. The molecule has 0 unspecified atom stereocenters. The Balaban J connectivity index is 2.54. The minimum Gasteiger partial charge on any atom is -0.395 e. The molecule has 0 aliphatic rings. The van der Waals surface area contributed by atoms with E-state index in [-0.39, 0.29) is 12.6 Å². The number of nitrogens with zero attached hydrogens (tertiary/aromatic N) is 2. The van der Waals surface area contributed by atoms with Gasteiger partial charge in [0.2, 0.25) is 0 Å². The van der Waals surface area contributed by atoms with E-state index in [2.05, 4.69) is 10.5 Å². The number of carbonyl (C=O) groups is 1. The lowest BCUT2D eigenvalue weighted by Gasteiger charge is -2.20. The largest absolute Gasteiger partial charge is 0.395 e. The Kier molecular flexibility index (Phi) is 4.78. The fraction of sp³-hybridized carbons (Fsp3) is 0.600. The molecule has 0 fully saturated rings. The number of hydrogen-bond acceptors (Lipinski definition) is 4. The van der Waals surface area contributed by atoms with Gasteiger partial charge in [0.25, 0.3) is 0 Å². The zero-order chi connectivity index (χ0) is 12.0. The first-order valence-corrected chi connectivity index (χ1v) is 5.27. The number of aliphatic hydroxyl groups excluding tert-OH is 1. The molecule has 0 radical (unpaired) electrons. The van der Waals surface area contributed by atoms with Crippen LogP contribution in [0.5, 0.6) is 0 Å². The van der Waals surface area contributed by atoms with E-state index in [0.717, 1.165) is 6.42 Å². The van der Waals surface area contributed by atoms with Crippen molar-refractivity contribution in [2.24, 2.45) is 0 Å². The lowest BCUT2D eigenvalue weighted by Crippen LogP contribution is -2.37. The summed E-state index contributed by atoms with van der Waals surface area (Å²) in [7, 11) is 0. The van der Waals surface area contributed by atoms with Crippen LogP contribution in [0.3, 0.4) is 0 Å². The third-order valence-electron chi connectivity index (χ3n) is 2.01. The van der Waals surface area contributed by atoms with Gasteiger partial charge in [-0.1, -0.05) is 12.1 Å². The quantitative estimate of drug-likeness (QED) is 0.792. The van der Waals surface area contributed by atoms with E-state index >= 15 is 0 Å². The number of anilines is 1. The maximum absolute atomic E-state index is 11.7. The Morgan fingerprint density at radius 1 is 1.62 bits per heavy atom. The van der Waals surface area contributed by atoms with Gasteiger partial charge in [0.15, 0.2) is 5.82 Å². The number of rotatable bonds is 5. The van der Waals surface area contributed by atoms with Crippen molar-refractivity contribution in [2.75, 3.05) is 25.0 Å². The van der Waals surface area contributed by atoms with Crippen LogP contribution in [0.1, 0.15) is 19.1 Å². The minimum atomic E-state index is -0.274. The van der Waals surface area contributed by atoms with Crippen molar-refractivity contribution in [2.45, 2.75) is 20.3 Å². The summed E-state index contributed by atoms with van der Waals surface area (Å²) < 4.78 is 4.83. The second-order valence-corrected chi connectivity index (χ2v) is 3.46. The molecule has 90 valence electrons. The van der Waals surface area contributed by atoms with Gasteiger partial charge in [-0.25, -0.2) is 4.79 Å².